The Morgan fingerprint density at radius 3 is 1.72 bits per heavy atom. The van der Waals surface area contributed by atoms with Crippen molar-refractivity contribution in [3.05, 3.63) is 40.7 Å². The average molecular weight is 505 g/mol. The Labute approximate surface area is 216 Å². The molecule has 0 saturated heterocycles. The van der Waals surface area contributed by atoms with E-state index in [1.807, 2.05) is 6.92 Å². The highest BCUT2D eigenvalue weighted by Gasteiger charge is 2.40. The number of rotatable bonds is 7. The minimum Gasteiger partial charge on any atom is -0.205 e. The van der Waals surface area contributed by atoms with Crippen molar-refractivity contribution in [1.82, 2.24) is 0 Å². The van der Waals surface area contributed by atoms with Crippen molar-refractivity contribution in [3.63, 3.8) is 0 Å². The SMILES string of the molecule is CC/C=C/c1c#cc(C2CCC(C3CCC(C4CCC(CCC)CC4)CC3)CC2)c(F)c1C(F)(F)F. The number of allylic oxidation sites excluding steroid dienone is 1. The van der Waals surface area contributed by atoms with Crippen molar-refractivity contribution in [2.45, 2.75) is 122 Å². The summed E-state index contributed by atoms with van der Waals surface area (Å²) in [4.78, 5) is 0. The van der Waals surface area contributed by atoms with E-state index in [1.54, 1.807) is 6.08 Å². The normalized spacial score (nSPS) is 31.9. The molecule has 0 nitrogen and oxygen atoms in total. The van der Waals surface area contributed by atoms with E-state index in [-0.39, 0.29) is 17.0 Å². The van der Waals surface area contributed by atoms with Crippen LogP contribution in [-0.2, 0) is 6.18 Å². The van der Waals surface area contributed by atoms with Gasteiger partial charge < -0.3 is 0 Å². The van der Waals surface area contributed by atoms with Crippen LogP contribution in [0, 0.1) is 47.5 Å². The van der Waals surface area contributed by atoms with Gasteiger partial charge in [0.2, 0.25) is 0 Å². The minimum absolute atomic E-state index is 0.0943. The van der Waals surface area contributed by atoms with Crippen LogP contribution in [0.2, 0.25) is 0 Å². The number of hydrogen-bond acceptors (Lipinski definition) is 0. The van der Waals surface area contributed by atoms with Crippen LogP contribution in [0.1, 0.15) is 133 Å². The molecule has 0 radical (unpaired) electrons. The largest absolute Gasteiger partial charge is 0.420 e. The molecule has 0 unspecified atom stereocenters. The van der Waals surface area contributed by atoms with Crippen LogP contribution in [0.15, 0.2) is 6.08 Å². The van der Waals surface area contributed by atoms with Crippen LogP contribution in [0.4, 0.5) is 17.6 Å². The van der Waals surface area contributed by atoms with Crippen LogP contribution in [0.5, 0.6) is 0 Å². The quantitative estimate of drug-likeness (QED) is 0.324. The third-order valence-corrected chi connectivity index (χ3v) is 9.78. The fourth-order valence-corrected chi connectivity index (χ4v) is 7.75. The summed E-state index contributed by atoms with van der Waals surface area (Å²) < 4.78 is 56.3. The van der Waals surface area contributed by atoms with Crippen molar-refractivity contribution in [1.29, 1.82) is 0 Å². The number of alkyl halides is 3. The first-order chi connectivity index (χ1) is 17.3. The molecular weight excluding hydrogens is 460 g/mol. The van der Waals surface area contributed by atoms with Crippen LogP contribution in [-0.4, -0.2) is 0 Å². The molecule has 1 aromatic carbocycles. The molecule has 4 rings (SSSR count). The maximum Gasteiger partial charge on any atom is 0.420 e. The second-order valence-electron chi connectivity index (χ2n) is 11.9. The van der Waals surface area contributed by atoms with Crippen LogP contribution >= 0.6 is 0 Å². The summed E-state index contributed by atoms with van der Waals surface area (Å²) in [6, 6.07) is 5.43. The average Bonchev–Trinajstić information content (AvgIpc) is 2.88. The molecular formula is C32H44F4. The third kappa shape index (κ3) is 6.49. The second kappa shape index (κ2) is 12.4. The lowest BCUT2D eigenvalue weighted by molar-refractivity contribution is -0.140. The molecule has 3 aliphatic carbocycles. The Kier molecular flexibility index (Phi) is 9.45. The first kappa shape index (κ1) is 27.5. The van der Waals surface area contributed by atoms with Crippen LogP contribution in [0.25, 0.3) is 6.08 Å². The van der Waals surface area contributed by atoms with Crippen LogP contribution in [0.3, 0.4) is 0 Å². The van der Waals surface area contributed by atoms with Gasteiger partial charge in [-0.3, -0.25) is 0 Å². The number of halogens is 4. The molecule has 3 aliphatic rings. The summed E-state index contributed by atoms with van der Waals surface area (Å²) in [7, 11) is 0. The zero-order valence-corrected chi connectivity index (χ0v) is 22.2. The first-order valence-corrected chi connectivity index (χ1v) is 14.7. The standard InChI is InChI=1S/C32H44F4/c1-3-5-7-28-20-21-29(31(33)30(28)32(34,35)36)27-18-16-26(17-19-27)25-14-12-24(13-15-25)23-10-8-22(6-4-2)9-11-23/h5,7,22-27H,3-4,6,8-19H2,1-2H3/b7-5+. The van der Waals surface area contributed by atoms with E-state index in [0.717, 1.165) is 49.4 Å². The lowest BCUT2D eigenvalue weighted by Crippen LogP contribution is -2.29. The smallest absolute Gasteiger partial charge is 0.205 e. The summed E-state index contributed by atoms with van der Waals surface area (Å²) in [6.07, 6.45) is 16.0. The summed E-state index contributed by atoms with van der Waals surface area (Å²) in [5, 5.41) is 0. The van der Waals surface area contributed by atoms with Gasteiger partial charge in [0.05, 0.1) is 0 Å². The zero-order valence-electron chi connectivity index (χ0n) is 22.2. The van der Waals surface area contributed by atoms with Crippen LogP contribution < -0.4 is 0 Å². The highest BCUT2D eigenvalue weighted by atomic mass is 19.4. The Morgan fingerprint density at radius 1 is 0.750 bits per heavy atom. The molecule has 0 atom stereocenters. The van der Waals surface area contributed by atoms with Crippen molar-refractivity contribution in [2.24, 2.45) is 29.6 Å². The molecule has 0 amide bonds. The molecule has 0 bridgehead atoms. The predicted molar refractivity (Wildman–Crippen MR) is 139 cm³/mol. The number of hydrogen-bond donors (Lipinski definition) is 0. The molecule has 0 aliphatic heterocycles. The van der Waals surface area contributed by atoms with E-state index < -0.39 is 17.6 Å². The molecule has 0 N–H and O–H groups in total. The van der Waals surface area contributed by atoms with Gasteiger partial charge in [-0.15, -0.1) is 0 Å². The first-order valence-electron chi connectivity index (χ1n) is 14.7. The highest BCUT2D eigenvalue weighted by Crippen LogP contribution is 2.48. The Hall–Kier alpha value is -1.50. The van der Waals surface area contributed by atoms with Crippen molar-refractivity contribution in [3.8, 4) is 0 Å². The van der Waals surface area contributed by atoms with E-state index in [4.69, 9.17) is 0 Å². The molecule has 0 heterocycles. The molecule has 0 aromatic heterocycles. The highest BCUT2D eigenvalue weighted by molar-refractivity contribution is 5.54. The van der Waals surface area contributed by atoms with Crippen molar-refractivity contribution >= 4 is 6.08 Å². The minimum atomic E-state index is -4.73. The lowest BCUT2D eigenvalue weighted by Gasteiger charge is -2.41. The van der Waals surface area contributed by atoms with Gasteiger partial charge in [-0.25, -0.2) is 4.39 Å². The maximum atomic E-state index is 15.2. The van der Waals surface area contributed by atoms with Gasteiger partial charge in [0.1, 0.15) is 11.4 Å². The molecule has 4 heteroatoms. The van der Waals surface area contributed by atoms with Gasteiger partial charge in [-0.2, -0.15) is 13.2 Å². The molecule has 3 saturated carbocycles. The van der Waals surface area contributed by atoms with Gasteiger partial charge in [0, 0.05) is 11.1 Å². The fourth-order valence-electron chi connectivity index (χ4n) is 7.75. The van der Waals surface area contributed by atoms with Gasteiger partial charge in [-0.05, 0) is 112 Å². The molecule has 3 fully saturated rings. The van der Waals surface area contributed by atoms with Gasteiger partial charge in [-0.1, -0.05) is 57.7 Å². The van der Waals surface area contributed by atoms with Gasteiger partial charge in [0.25, 0.3) is 0 Å². The van der Waals surface area contributed by atoms with E-state index in [0.29, 0.717) is 12.3 Å². The van der Waals surface area contributed by atoms with Gasteiger partial charge in [0.15, 0.2) is 0 Å². The predicted octanol–water partition coefficient (Wildman–Crippen LogP) is 10.6. The molecule has 200 valence electrons. The Morgan fingerprint density at radius 2 is 1.25 bits per heavy atom. The second-order valence-corrected chi connectivity index (χ2v) is 11.9. The summed E-state index contributed by atoms with van der Waals surface area (Å²) >= 11 is 0. The maximum absolute atomic E-state index is 15.2. The molecule has 0 spiro atoms. The van der Waals surface area contributed by atoms with E-state index in [1.165, 1.54) is 70.3 Å². The monoisotopic (exact) mass is 504 g/mol. The van der Waals surface area contributed by atoms with Gasteiger partial charge >= 0.3 is 6.18 Å². The topological polar surface area (TPSA) is 0 Å². The van der Waals surface area contributed by atoms with E-state index in [2.05, 4.69) is 19.1 Å². The van der Waals surface area contributed by atoms with E-state index in [9.17, 15) is 13.2 Å². The Bertz CT molecular complexity index is 846. The zero-order chi connectivity index (χ0) is 25.7. The Balaban J connectivity index is 1.31. The third-order valence-electron chi connectivity index (χ3n) is 9.78. The summed E-state index contributed by atoms with van der Waals surface area (Å²) in [5.41, 5.74) is -1.32. The molecule has 36 heavy (non-hydrogen) atoms. The van der Waals surface area contributed by atoms with E-state index >= 15 is 4.39 Å². The van der Waals surface area contributed by atoms with Crippen molar-refractivity contribution < 1.29 is 17.6 Å². The summed E-state index contributed by atoms with van der Waals surface area (Å²) in [6.45, 7) is 4.14. The van der Waals surface area contributed by atoms with Crippen molar-refractivity contribution in [2.75, 3.05) is 0 Å². The lowest BCUT2D eigenvalue weighted by atomic mass is 9.64. The summed E-state index contributed by atoms with van der Waals surface area (Å²) in [5.74, 6) is 2.87. The molecule has 1 aromatic rings. The fraction of sp³-hybridized carbons (Fsp3) is 0.750.